The van der Waals surface area contributed by atoms with Gasteiger partial charge in [-0.2, -0.15) is 0 Å². The molecule has 1 heterocycles. The minimum atomic E-state index is -0.380. The largest absolute Gasteiger partial charge is 0.411 e. The lowest BCUT2D eigenvalue weighted by molar-refractivity contribution is -0.124. The first kappa shape index (κ1) is 23.8. The maximum absolute atomic E-state index is 13.4. The molecule has 0 atom stereocenters. The Morgan fingerprint density at radius 3 is 2.81 bits per heavy atom. The summed E-state index contributed by atoms with van der Waals surface area (Å²) in [6, 6.07) is 4.52. The molecule has 4 N–H and O–H groups in total. The van der Waals surface area contributed by atoms with Crippen LogP contribution in [0.2, 0.25) is 0 Å². The van der Waals surface area contributed by atoms with Gasteiger partial charge < -0.3 is 10.9 Å². The number of oxime groups is 1. The standard InChI is InChI=1S/C21H26BrFN6O3/c22-15-11-13(8-9-16(15)23)12-18(27-31)19-17(28-32-29-19)7-4-10-25-21(24)26-20(30)14-5-2-1-3-6-14/h8-9,11,14,31H,1-7,10,12H2,(H3,24,25,26,30)/b27-18+. The molecule has 0 unspecified atom stereocenters. The molecule has 11 heteroatoms. The summed E-state index contributed by atoms with van der Waals surface area (Å²) in [7, 11) is 0. The number of aromatic nitrogens is 2. The van der Waals surface area contributed by atoms with Gasteiger partial charge in [0.15, 0.2) is 11.7 Å². The highest BCUT2D eigenvalue weighted by Crippen LogP contribution is 2.23. The molecule has 0 spiro atoms. The van der Waals surface area contributed by atoms with Gasteiger partial charge in [0.25, 0.3) is 0 Å². The van der Waals surface area contributed by atoms with Gasteiger partial charge in [-0.1, -0.05) is 35.6 Å². The number of nitrogens with zero attached hydrogens (tertiary/aromatic N) is 4. The molecule has 1 aliphatic rings. The fourth-order valence-electron chi connectivity index (χ4n) is 3.68. The number of benzene rings is 1. The van der Waals surface area contributed by atoms with E-state index in [1.165, 1.54) is 12.5 Å². The fourth-order valence-corrected chi connectivity index (χ4v) is 4.10. The van der Waals surface area contributed by atoms with Crippen molar-refractivity contribution in [2.45, 2.75) is 51.4 Å². The molecule has 0 radical (unpaired) electrons. The SMILES string of the molecule is NC(=NCCCc1nonc1/C(Cc1ccc(F)c(Br)c1)=N/O)NC(=O)C1CCCCC1. The number of amides is 1. The second-order valence-electron chi connectivity index (χ2n) is 7.73. The fraction of sp³-hybridized carbons (Fsp3) is 0.476. The van der Waals surface area contributed by atoms with Crippen molar-refractivity contribution < 1.29 is 19.0 Å². The molecule has 172 valence electrons. The zero-order valence-electron chi connectivity index (χ0n) is 17.6. The van der Waals surface area contributed by atoms with Crippen LogP contribution >= 0.6 is 15.9 Å². The van der Waals surface area contributed by atoms with E-state index in [0.717, 1.165) is 31.2 Å². The lowest BCUT2D eigenvalue weighted by Gasteiger charge is -2.20. The van der Waals surface area contributed by atoms with Crippen molar-refractivity contribution in [3.05, 3.63) is 45.4 Å². The van der Waals surface area contributed by atoms with Gasteiger partial charge in [-0.3, -0.25) is 15.1 Å². The van der Waals surface area contributed by atoms with Crippen LogP contribution in [0.4, 0.5) is 4.39 Å². The van der Waals surface area contributed by atoms with Crippen LogP contribution in [0, 0.1) is 11.7 Å². The molecule has 1 aliphatic carbocycles. The Bertz CT molecular complexity index is 988. The van der Waals surface area contributed by atoms with Gasteiger partial charge in [-0.05, 0) is 64.5 Å². The molecular formula is C21H26BrFN6O3. The van der Waals surface area contributed by atoms with Crippen LogP contribution in [-0.2, 0) is 17.6 Å². The van der Waals surface area contributed by atoms with Crippen LogP contribution in [-0.4, -0.2) is 39.6 Å². The van der Waals surface area contributed by atoms with E-state index in [2.05, 4.69) is 41.7 Å². The number of hydrogen-bond acceptors (Lipinski definition) is 7. The summed E-state index contributed by atoms with van der Waals surface area (Å²) in [5.41, 5.74) is 7.66. The zero-order valence-corrected chi connectivity index (χ0v) is 19.1. The van der Waals surface area contributed by atoms with Crippen LogP contribution < -0.4 is 11.1 Å². The second-order valence-corrected chi connectivity index (χ2v) is 8.58. The van der Waals surface area contributed by atoms with Gasteiger partial charge in [0.1, 0.15) is 17.2 Å². The van der Waals surface area contributed by atoms with E-state index >= 15 is 0 Å². The predicted molar refractivity (Wildman–Crippen MR) is 120 cm³/mol. The highest BCUT2D eigenvalue weighted by Gasteiger charge is 2.21. The number of nitrogens with one attached hydrogen (secondary N) is 1. The second kappa shape index (κ2) is 11.7. The Morgan fingerprint density at radius 2 is 2.09 bits per heavy atom. The van der Waals surface area contributed by atoms with Gasteiger partial charge in [0.05, 0.1) is 4.47 Å². The third kappa shape index (κ3) is 6.59. The van der Waals surface area contributed by atoms with Crippen LogP contribution in [0.15, 0.2) is 37.4 Å². The molecule has 0 aliphatic heterocycles. The minimum absolute atomic E-state index is 0.0131. The van der Waals surface area contributed by atoms with Crippen molar-refractivity contribution in [3.63, 3.8) is 0 Å². The molecule has 9 nitrogen and oxygen atoms in total. The van der Waals surface area contributed by atoms with E-state index in [1.54, 1.807) is 12.1 Å². The van der Waals surface area contributed by atoms with Gasteiger partial charge in [0.2, 0.25) is 5.91 Å². The van der Waals surface area contributed by atoms with E-state index in [-0.39, 0.29) is 35.7 Å². The Morgan fingerprint density at radius 1 is 1.31 bits per heavy atom. The van der Waals surface area contributed by atoms with Gasteiger partial charge in [0, 0.05) is 18.9 Å². The summed E-state index contributed by atoms with van der Waals surface area (Å²) < 4.78 is 18.6. The molecule has 0 bridgehead atoms. The van der Waals surface area contributed by atoms with Crippen molar-refractivity contribution in [3.8, 4) is 0 Å². The van der Waals surface area contributed by atoms with Crippen molar-refractivity contribution in [2.24, 2.45) is 21.8 Å². The molecule has 1 saturated carbocycles. The maximum Gasteiger partial charge on any atom is 0.229 e. The van der Waals surface area contributed by atoms with E-state index in [9.17, 15) is 14.4 Å². The van der Waals surface area contributed by atoms with Gasteiger partial charge in [-0.25, -0.2) is 9.02 Å². The molecule has 1 fully saturated rings. The number of guanidine groups is 1. The normalized spacial score (nSPS) is 15.7. The quantitative estimate of drug-likeness (QED) is 0.164. The maximum atomic E-state index is 13.4. The average Bonchev–Trinajstić information content (AvgIpc) is 3.26. The lowest BCUT2D eigenvalue weighted by atomic mass is 9.89. The van der Waals surface area contributed by atoms with Crippen LogP contribution in [0.25, 0.3) is 0 Å². The number of aliphatic imine (C=N–C) groups is 1. The van der Waals surface area contributed by atoms with Crippen molar-refractivity contribution >= 4 is 33.5 Å². The zero-order chi connectivity index (χ0) is 22.9. The molecule has 1 amide bonds. The van der Waals surface area contributed by atoms with Crippen molar-refractivity contribution in [1.29, 1.82) is 0 Å². The number of hydrogen-bond donors (Lipinski definition) is 3. The third-order valence-electron chi connectivity index (χ3n) is 5.39. The van der Waals surface area contributed by atoms with E-state index in [0.29, 0.717) is 35.2 Å². The lowest BCUT2D eigenvalue weighted by Crippen LogP contribution is -2.41. The van der Waals surface area contributed by atoms with Crippen LogP contribution in [0.3, 0.4) is 0 Å². The van der Waals surface area contributed by atoms with Crippen LogP contribution in [0.1, 0.15) is 55.5 Å². The Labute approximate surface area is 193 Å². The number of carbonyl (C=O) groups is 1. The van der Waals surface area contributed by atoms with Crippen LogP contribution in [0.5, 0.6) is 0 Å². The van der Waals surface area contributed by atoms with E-state index in [4.69, 9.17) is 10.4 Å². The summed E-state index contributed by atoms with van der Waals surface area (Å²) in [5, 5.41) is 23.2. The highest BCUT2D eigenvalue weighted by atomic mass is 79.9. The Balaban J connectivity index is 1.52. The number of halogens is 2. The molecular weight excluding hydrogens is 483 g/mol. The summed E-state index contributed by atoms with van der Waals surface area (Å²) in [6.45, 7) is 0.375. The summed E-state index contributed by atoms with van der Waals surface area (Å²) in [6.07, 6.45) is 6.35. The third-order valence-corrected chi connectivity index (χ3v) is 5.99. The van der Waals surface area contributed by atoms with E-state index in [1.807, 2.05) is 0 Å². The first-order valence-corrected chi connectivity index (χ1v) is 11.3. The molecule has 3 rings (SSSR count). The average molecular weight is 509 g/mol. The molecule has 2 aromatic rings. The Kier molecular flexibility index (Phi) is 8.72. The molecule has 0 saturated heterocycles. The summed E-state index contributed by atoms with van der Waals surface area (Å²) >= 11 is 3.14. The highest BCUT2D eigenvalue weighted by molar-refractivity contribution is 9.10. The number of nitrogens with two attached hydrogens (primary N) is 1. The Hall–Kier alpha value is -2.82. The van der Waals surface area contributed by atoms with E-state index < -0.39 is 0 Å². The smallest absolute Gasteiger partial charge is 0.229 e. The first-order chi connectivity index (χ1) is 15.5. The number of aryl methyl sites for hydroxylation is 1. The number of rotatable bonds is 8. The topological polar surface area (TPSA) is 139 Å². The first-order valence-electron chi connectivity index (χ1n) is 10.6. The predicted octanol–water partition coefficient (Wildman–Crippen LogP) is 3.34. The summed E-state index contributed by atoms with van der Waals surface area (Å²) in [5.74, 6) is -0.322. The monoisotopic (exact) mass is 508 g/mol. The minimum Gasteiger partial charge on any atom is -0.411 e. The molecule has 32 heavy (non-hydrogen) atoms. The van der Waals surface area contributed by atoms with Gasteiger partial charge in [-0.15, -0.1) is 0 Å². The molecule has 1 aromatic heterocycles. The molecule has 1 aromatic carbocycles. The summed E-state index contributed by atoms with van der Waals surface area (Å²) in [4.78, 5) is 16.4. The van der Waals surface area contributed by atoms with Crippen molar-refractivity contribution in [1.82, 2.24) is 15.6 Å². The van der Waals surface area contributed by atoms with Crippen molar-refractivity contribution in [2.75, 3.05) is 6.54 Å². The van der Waals surface area contributed by atoms with Gasteiger partial charge >= 0.3 is 0 Å². The number of carbonyl (C=O) groups excluding carboxylic acids is 1.